The highest BCUT2D eigenvalue weighted by atomic mass is 16.5. The number of methoxy groups -OCH3 is 1. The summed E-state index contributed by atoms with van der Waals surface area (Å²) >= 11 is 0. The Morgan fingerprint density at radius 2 is 2.17 bits per heavy atom. The second-order valence-electron chi connectivity index (χ2n) is 5.11. The molecule has 0 fully saturated rings. The maximum Gasteiger partial charge on any atom is 0.318 e. The van der Waals surface area contributed by atoms with Gasteiger partial charge in [-0.25, -0.2) is 4.79 Å². The summed E-state index contributed by atoms with van der Waals surface area (Å²) in [5.74, 6) is 0. The first-order valence-corrected chi connectivity index (χ1v) is 7.42. The third-order valence-corrected chi connectivity index (χ3v) is 3.28. The number of aromatic amines is 1. The van der Waals surface area contributed by atoms with Crippen LogP contribution >= 0.6 is 0 Å². The van der Waals surface area contributed by atoms with Crippen molar-refractivity contribution in [3.8, 4) is 0 Å². The van der Waals surface area contributed by atoms with Gasteiger partial charge in [-0.3, -0.25) is 5.10 Å². The summed E-state index contributed by atoms with van der Waals surface area (Å²) in [4.78, 5) is 13.9. The quantitative estimate of drug-likeness (QED) is 0.683. The van der Waals surface area contributed by atoms with Crippen LogP contribution in [0, 0.1) is 0 Å². The minimum atomic E-state index is -0.231. The molecule has 2 amide bonds. The first-order chi connectivity index (χ1) is 11.2. The van der Waals surface area contributed by atoms with Gasteiger partial charge in [-0.15, -0.1) is 0 Å². The van der Waals surface area contributed by atoms with Gasteiger partial charge >= 0.3 is 6.03 Å². The van der Waals surface area contributed by atoms with Crippen molar-refractivity contribution in [3.05, 3.63) is 53.3 Å². The molecular formula is C16H22N4O3. The van der Waals surface area contributed by atoms with E-state index in [0.717, 1.165) is 17.0 Å². The molecule has 0 saturated heterocycles. The lowest BCUT2D eigenvalue weighted by Crippen LogP contribution is -2.40. The molecule has 2 aromatic rings. The molecule has 0 spiro atoms. The summed E-state index contributed by atoms with van der Waals surface area (Å²) in [6, 6.07) is 11.3. The van der Waals surface area contributed by atoms with Gasteiger partial charge in [0.1, 0.15) is 0 Å². The normalized spacial score (nSPS) is 10.5. The van der Waals surface area contributed by atoms with Gasteiger partial charge < -0.3 is 20.1 Å². The van der Waals surface area contributed by atoms with Crippen LogP contribution < -0.4 is 5.32 Å². The predicted octanol–water partition coefficient (Wildman–Crippen LogP) is 1.26. The van der Waals surface area contributed by atoms with E-state index in [1.54, 1.807) is 12.0 Å². The number of benzene rings is 1. The van der Waals surface area contributed by atoms with Gasteiger partial charge in [0.15, 0.2) is 0 Å². The molecule has 124 valence electrons. The zero-order valence-corrected chi connectivity index (χ0v) is 13.2. The van der Waals surface area contributed by atoms with Gasteiger partial charge in [0.2, 0.25) is 0 Å². The van der Waals surface area contributed by atoms with Gasteiger partial charge in [0.05, 0.1) is 31.1 Å². The second kappa shape index (κ2) is 8.92. The number of ether oxygens (including phenoxy) is 1. The Labute approximate surface area is 135 Å². The van der Waals surface area contributed by atoms with Crippen LogP contribution in [-0.2, 0) is 24.4 Å². The van der Waals surface area contributed by atoms with Gasteiger partial charge in [0.25, 0.3) is 0 Å². The van der Waals surface area contributed by atoms with Crippen molar-refractivity contribution in [2.24, 2.45) is 0 Å². The number of H-pyrrole nitrogens is 1. The van der Waals surface area contributed by atoms with E-state index in [9.17, 15) is 4.79 Å². The van der Waals surface area contributed by atoms with Crippen molar-refractivity contribution in [3.63, 3.8) is 0 Å². The molecule has 0 aliphatic carbocycles. The van der Waals surface area contributed by atoms with Crippen LogP contribution in [0.3, 0.4) is 0 Å². The number of nitrogens with zero attached hydrogens (tertiary/aromatic N) is 2. The number of aromatic nitrogens is 2. The minimum Gasteiger partial charge on any atom is -0.395 e. The van der Waals surface area contributed by atoms with E-state index in [1.807, 2.05) is 36.4 Å². The summed E-state index contributed by atoms with van der Waals surface area (Å²) in [6.07, 6.45) is 0. The van der Waals surface area contributed by atoms with Gasteiger partial charge in [-0.1, -0.05) is 30.3 Å². The molecular weight excluding hydrogens is 296 g/mol. The van der Waals surface area contributed by atoms with Crippen LogP contribution in [0.2, 0.25) is 0 Å². The molecule has 2 rings (SSSR count). The zero-order chi connectivity index (χ0) is 16.5. The van der Waals surface area contributed by atoms with Crippen molar-refractivity contribution >= 4 is 6.03 Å². The van der Waals surface area contributed by atoms with Crippen LogP contribution in [0.4, 0.5) is 4.79 Å². The van der Waals surface area contributed by atoms with Gasteiger partial charge in [-0.2, -0.15) is 5.10 Å². The van der Waals surface area contributed by atoms with E-state index < -0.39 is 0 Å². The Kier molecular flexibility index (Phi) is 6.58. The van der Waals surface area contributed by atoms with E-state index in [0.29, 0.717) is 19.7 Å². The molecule has 7 heteroatoms. The maximum atomic E-state index is 12.3. The zero-order valence-electron chi connectivity index (χ0n) is 13.2. The van der Waals surface area contributed by atoms with Crippen LogP contribution in [0.25, 0.3) is 0 Å². The molecule has 0 atom stereocenters. The van der Waals surface area contributed by atoms with E-state index in [4.69, 9.17) is 9.84 Å². The standard InChI is InChI=1S/C16H22N4O3/c1-23-12-15-9-14(18-19-15)10-17-16(22)20(7-8-21)11-13-5-3-2-4-6-13/h2-6,9,21H,7-8,10-12H2,1H3,(H,17,22)(H,18,19). The van der Waals surface area contributed by atoms with Crippen LogP contribution in [0.1, 0.15) is 17.0 Å². The number of aliphatic hydroxyl groups is 1. The Morgan fingerprint density at radius 3 is 2.87 bits per heavy atom. The molecule has 0 aliphatic rings. The molecule has 0 saturated carbocycles. The van der Waals surface area contributed by atoms with Gasteiger partial charge in [-0.05, 0) is 11.6 Å². The molecule has 23 heavy (non-hydrogen) atoms. The molecule has 1 heterocycles. The van der Waals surface area contributed by atoms with Crippen molar-refractivity contribution in [1.29, 1.82) is 0 Å². The van der Waals surface area contributed by atoms with Crippen molar-refractivity contribution in [2.75, 3.05) is 20.3 Å². The first kappa shape index (κ1) is 17.0. The van der Waals surface area contributed by atoms with Crippen molar-refractivity contribution in [1.82, 2.24) is 20.4 Å². The second-order valence-corrected chi connectivity index (χ2v) is 5.11. The number of hydrogen-bond donors (Lipinski definition) is 3. The Morgan fingerprint density at radius 1 is 1.39 bits per heavy atom. The average molecular weight is 318 g/mol. The monoisotopic (exact) mass is 318 g/mol. The van der Waals surface area contributed by atoms with E-state index in [2.05, 4.69) is 15.5 Å². The smallest absolute Gasteiger partial charge is 0.318 e. The molecule has 1 aromatic carbocycles. The number of nitrogens with one attached hydrogen (secondary N) is 2. The fourth-order valence-corrected chi connectivity index (χ4v) is 2.18. The van der Waals surface area contributed by atoms with E-state index in [-0.39, 0.29) is 19.2 Å². The summed E-state index contributed by atoms with van der Waals surface area (Å²) in [5.41, 5.74) is 2.60. The molecule has 0 bridgehead atoms. The number of urea groups is 1. The van der Waals surface area contributed by atoms with Gasteiger partial charge in [0, 0.05) is 20.2 Å². The van der Waals surface area contributed by atoms with E-state index in [1.165, 1.54) is 0 Å². The molecule has 0 radical (unpaired) electrons. The third-order valence-electron chi connectivity index (χ3n) is 3.28. The Bertz CT molecular complexity index is 600. The fraction of sp³-hybridized carbons (Fsp3) is 0.375. The number of aliphatic hydroxyl groups excluding tert-OH is 1. The average Bonchev–Trinajstić information content (AvgIpc) is 3.01. The number of carbonyl (C=O) groups excluding carboxylic acids is 1. The molecule has 1 aromatic heterocycles. The number of rotatable bonds is 8. The Balaban J connectivity index is 1.89. The summed E-state index contributed by atoms with van der Waals surface area (Å²) in [5, 5.41) is 18.9. The SMILES string of the molecule is COCc1cc(CNC(=O)N(CCO)Cc2ccccc2)[nH]n1. The highest BCUT2D eigenvalue weighted by molar-refractivity contribution is 5.74. The Hall–Kier alpha value is -2.38. The lowest BCUT2D eigenvalue weighted by Gasteiger charge is -2.22. The largest absolute Gasteiger partial charge is 0.395 e. The van der Waals surface area contributed by atoms with E-state index >= 15 is 0 Å². The van der Waals surface area contributed by atoms with Crippen molar-refractivity contribution < 1.29 is 14.6 Å². The predicted molar refractivity (Wildman–Crippen MR) is 85.5 cm³/mol. The third kappa shape index (κ3) is 5.39. The number of amides is 2. The highest BCUT2D eigenvalue weighted by Crippen LogP contribution is 2.05. The van der Waals surface area contributed by atoms with Crippen molar-refractivity contribution in [2.45, 2.75) is 19.7 Å². The molecule has 7 nitrogen and oxygen atoms in total. The summed E-state index contributed by atoms with van der Waals surface area (Å²) in [6.45, 7) is 1.41. The summed E-state index contributed by atoms with van der Waals surface area (Å²) in [7, 11) is 1.60. The lowest BCUT2D eigenvalue weighted by molar-refractivity contribution is 0.173. The molecule has 0 aliphatic heterocycles. The number of carbonyl (C=O) groups is 1. The number of hydrogen-bond acceptors (Lipinski definition) is 4. The minimum absolute atomic E-state index is 0.0811. The fourth-order valence-electron chi connectivity index (χ4n) is 2.18. The maximum absolute atomic E-state index is 12.3. The first-order valence-electron chi connectivity index (χ1n) is 7.42. The molecule has 3 N–H and O–H groups in total. The topological polar surface area (TPSA) is 90.5 Å². The highest BCUT2D eigenvalue weighted by Gasteiger charge is 2.13. The summed E-state index contributed by atoms with van der Waals surface area (Å²) < 4.78 is 5.00. The van der Waals surface area contributed by atoms with Crippen LogP contribution in [0.15, 0.2) is 36.4 Å². The molecule has 0 unspecified atom stereocenters. The lowest BCUT2D eigenvalue weighted by atomic mass is 10.2. The van der Waals surface area contributed by atoms with Crippen LogP contribution in [0.5, 0.6) is 0 Å². The van der Waals surface area contributed by atoms with Crippen LogP contribution in [-0.4, -0.2) is 46.5 Å².